The molecule has 0 saturated carbocycles. The van der Waals surface area contributed by atoms with E-state index in [9.17, 15) is 18.0 Å². The van der Waals surface area contributed by atoms with Crippen molar-refractivity contribution >= 4 is 5.97 Å². The maximum absolute atomic E-state index is 11.8. The second kappa shape index (κ2) is 4.06. The molecule has 0 bridgehead atoms. The maximum Gasteiger partial charge on any atom is 0.574 e. The summed E-state index contributed by atoms with van der Waals surface area (Å²) in [5.41, 5.74) is -0.982. The highest BCUT2D eigenvalue weighted by molar-refractivity contribution is 5.85. The molecular weight excluding hydrogens is 229 g/mol. The van der Waals surface area contributed by atoms with Crippen LogP contribution in [0.25, 0.3) is 0 Å². The molecule has 1 N–H and O–H groups in total. The highest BCUT2D eigenvalue weighted by atomic mass is 19.4. The highest BCUT2D eigenvalue weighted by Gasteiger charge is 2.32. The molecule has 1 aromatic rings. The molecule has 0 aliphatic carbocycles. The number of aromatic nitrogens is 1. The first kappa shape index (κ1) is 11.8. The second-order valence-electron chi connectivity index (χ2n) is 2.54. The SMILES string of the molecule is N#Cc1cc(OC(F)(F)F)nc(C(=O)O)c1. The number of hydrogen-bond donors (Lipinski definition) is 1. The molecule has 8 heteroatoms. The van der Waals surface area contributed by atoms with Crippen LogP contribution in [-0.2, 0) is 0 Å². The van der Waals surface area contributed by atoms with E-state index in [-0.39, 0.29) is 5.56 Å². The molecule has 0 fully saturated rings. The van der Waals surface area contributed by atoms with Crippen LogP contribution in [0.5, 0.6) is 5.88 Å². The molecule has 16 heavy (non-hydrogen) atoms. The Labute approximate surface area is 86.7 Å². The van der Waals surface area contributed by atoms with Crippen molar-refractivity contribution in [2.24, 2.45) is 0 Å². The largest absolute Gasteiger partial charge is 0.574 e. The summed E-state index contributed by atoms with van der Waals surface area (Å²) in [6, 6.07) is 3.03. The van der Waals surface area contributed by atoms with Gasteiger partial charge in [-0.25, -0.2) is 9.78 Å². The summed E-state index contributed by atoms with van der Waals surface area (Å²) < 4.78 is 38.9. The topological polar surface area (TPSA) is 83.2 Å². The third kappa shape index (κ3) is 3.13. The van der Waals surface area contributed by atoms with Gasteiger partial charge in [0, 0.05) is 6.07 Å². The lowest BCUT2D eigenvalue weighted by molar-refractivity contribution is -0.276. The fourth-order valence-corrected chi connectivity index (χ4v) is 0.850. The second-order valence-corrected chi connectivity index (χ2v) is 2.54. The number of alkyl halides is 3. The van der Waals surface area contributed by atoms with Crippen LogP contribution in [0.2, 0.25) is 0 Å². The first-order valence-electron chi connectivity index (χ1n) is 3.73. The van der Waals surface area contributed by atoms with Gasteiger partial charge in [-0.3, -0.25) is 0 Å². The zero-order valence-corrected chi connectivity index (χ0v) is 7.45. The van der Waals surface area contributed by atoms with Gasteiger partial charge in [-0.15, -0.1) is 13.2 Å². The van der Waals surface area contributed by atoms with Crippen LogP contribution >= 0.6 is 0 Å². The molecule has 84 valence electrons. The van der Waals surface area contributed by atoms with Crippen LogP contribution in [0.1, 0.15) is 16.1 Å². The van der Waals surface area contributed by atoms with Crippen molar-refractivity contribution < 1.29 is 27.8 Å². The van der Waals surface area contributed by atoms with E-state index in [1.165, 1.54) is 6.07 Å². The maximum atomic E-state index is 11.8. The predicted octanol–water partition coefficient (Wildman–Crippen LogP) is 1.55. The Morgan fingerprint density at radius 1 is 1.50 bits per heavy atom. The smallest absolute Gasteiger partial charge is 0.477 e. The first-order chi connectivity index (χ1) is 7.31. The Balaban J connectivity index is 3.16. The van der Waals surface area contributed by atoms with E-state index >= 15 is 0 Å². The Hall–Kier alpha value is -2.30. The van der Waals surface area contributed by atoms with E-state index in [1.54, 1.807) is 0 Å². The number of aromatic carboxylic acids is 1. The van der Waals surface area contributed by atoms with Crippen LogP contribution < -0.4 is 4.74 Å². The third-order valence-corrected chi connectivity index (χ3v) is 1.37. The zero-order chi connectivity index (χ0) is 12.3. The molecule has 1 rings (SSSR count). The monoisotopic (exact) mass is 232 g/mol. The van der Waals surface area contributed by atoms with Gasteiger partial charge < -0.3 is 9.84 Å². The lowest BCUT2D eigenvalue weighted by atomic mass is 10.2. The van der Waals surface area contributed by atoms with Crippen molar-refractivity contribution in [3.05, 3.63) is 23.4 Å². The number of nitrogens with zero attached hydrogens (tertiary/aromatic N) is 2. The number of carboxylic acid groups (broad SMARTS) is 1. The normalized spacial score (nSPS) is 10.6. The molecule has 5 nitrogen and oxygen atoms in total. The minimum Gasteiger partial charge on any atom is -0.477 e. The van der Waals surface area contributed by atoms with Gasteiger partial charge in [0.2, 0.25) is 5.88 Å². The average molecular weight is 232 g/mol. The molecule has 1 aromatic heterocycles. The predicted molar refractivity (Wildman–Crippen MR) is 42.6 cm³/mol. The zero-order valence-electron chi connectivity index (χ0n) is 7.45. The average Bonchev–Trinajstić information content (AvgIpc) is 2.14. The number of carbonyl (C=O) groups is 1. The van der Waals surface area contributed by atoms with Gasteiger partial charge in [-0.05, 0) is 6.07 Å². The van der Waals surface area contributed by atoms with Crippen LogP contribution in [0.15, 0.2) is 12.1 Å². The first-order valence-corrected chi connectivity index (χ1v) is 3.73. The molecule has 0 amide bonds. The summed E-state index contributed by atoms with van der Waals surface area (Å²) in [5.74, 6) is -2.53. The number of carboxylic acids is 1. The molecule has 0 aliphatic rings. The van der Waals surface area contributed by atoms with Crippen LogP contribution in [0.3, 0.4) is 0 Å². The summed E-state index contributed by atoms with van der Waals surface area (Å²) in [5, 5.41) is 17.0. The van der Waals surface area contributed by atoms with Crippen molar-refractivity contribution in [2.75, 3.05) is 0 Å². The van der Waals surface area contributed by atoms with E-state index in [1.807, 2.05) is 0 Å². The fourth-order valence-electron chi connectivity index (χ4n) is 0.850. The van der Waals surface area contributed by atoms with Crippen molar-refractivity contribution in [1.82, 2.24) is 4.98 Å². The van der Waals surface area contributed by atoms with Crippen molar-refractivity contribution in [3.8, 4) is 11.9 Å². The number of hydrogen-bond acceptors (Lipinski definition) is 4. The van der Waals surface area contributed by atoms with Gasteiger partial charge in [0.25, 0.3) is 0 Å². The Kier molecular flexibility index (Phi) is 2.99. The van der Waals surface area contributed by atoms with Crippen molar-refractivity contribution in [1.29, 1.82) is 5.26 Å². The third-order valence-electron chi connectivity index (χ3n) is 1.37. The summed E-state index contributed by atoms with van der Waals surface area (Å²) in [6.45, 7) is 0. The quantitative estimate of drug-likeness (QED) is 0.836. The van der Waals surface area contributed by atoms with E-state index in [0.29, 0.717) is 6.07 Å². The minimum atomic E-state index is -4.99. The lowest BCUT2D eigenvalue weighted by Gasteiger charge is -2.08. The van der Waals surface area contributed by atoms with E-state index < -0.39 is 23.9 Å². The van der Waals surface area contributed by atoms with Gasteiger partial charge in [0.15, 0.2) is 5.69 Å². The lowest BCUT2D eigenvalue weighted by Crippen LogP contribution is -2.18. The summed E-state index contributed by atoms with van der Waals surface area (Å²) in [4.78, 5) is 13.6. The number of nitriles is 1. The molecule has 0 aliphatic heterocycles. The van der Waals surface area contributed by atoms with E-state index in [4.69, 9.17) is 10.4 Å². The van der Waals surface area contributed by atoms with Gasteiger partial charge in [-0.2, -0.15) is 5.26 Å². The molecule has 0 aromatic carbocycles. The molecule has 0 unspecified atom stereocenters. The van der Waals surface area contributed by atoms with Crippen LogP contribution in [0.4, 0.5) is 13.2 Å². The molecule has 0 spiro atoms. The van der Waals surface area contributed by atoms with Gasteiger partial charge in [0.1, 0.15) is 0 Å². The minimum absolute atomic E-state index is 0.286. The Morgan fingerprint density at radius 2 is 2.12 bits per heavy atom. The Bertz CT molecular complexity index is 465. The van der Waals surface area contributed by atoms with Gasteiger partial charge in [0.05, 0.1) is 11.6 Å². The van der Waals surface area contributed by atoms with Crippen molar-refractivity contribution in [3.63, 3.8) is 0 Å². The fraction of sp³-hybridized carbons (Fsp3) is 0.125. The van der Waals surface area contributed by atoms with Gasteiger partial charge >= 0.3 is 12.3 Å². The van der Waals surface area contributed by atoms with Crippen LogP contribution in [-0.4, -0.2) is 22.4 Å². The number of ether oxygens (including phenoxy) is 1. The molecule has 0 radical (unpaired) electrons. The van der Waals surface area contributed by atoms with E-state index in [2.05, 4.69) is 9.72 Å². The molecule has 0 atom stereocenters. The Morgan fingerprint density at radius 3 is 2.56 bits per heavy atom. The molecule has 0 saturated heterocycles. The van der Waals surface area contributed by atoms with Gasteiger partial charge in [-0.1, -0.05) is 0 Å². The number of halogens is 3. The summed E-state index contributed by atoms with van der Waals surface area (Å²) >= 11 is 0. The summed E-state index contributed by atoms with van der Waals surface area (Å²) in [6.07, 6.45) is -4.99. The number of rotatable bonds is 2. The molecular formula is C8H3F3N2O3. The number of pyridine rings is 1. The van der Waals surface area contributed by atoms with Crippen LogP contribution in [0, 0.1) is 11.3 Å². The molecule has 1 heterocycles. The van der Waals surface area contributed by atoms with E-state index in [0.717, 1.165) is 6.07 Å². The summed E-state index contributed by atoms with van der Waals surface area (Å²) in [7, 11) is 0. The van der Waals surface area contributed by atoms with Crippen molar-refractivity contribution in [2.45, 2.75) is 6.36 Å². The highest BCUT2D eigenvalue weighted by Crippen LogP contribution is 2.22. The standard InChI is InChI=1S/C8H3F3N2O3/c9-8(10,11)16-6-2-4(3-12)1-5(13-6)7(14)15/h1-2H,(H,14,15).